The average molecular weight is 242 g/mol. The lowest BCUT2D eigenvalue weighted by molar-refractivity contribution is 0.231. The number of hydrogen-bond acceptors (Lipinski definition) is 3. The molecule has 1 aromatic heterocycles. The van der Waals surface area contributed by atoms with E-state index in [1.54, 1.807) is 16.8 Å². The minimum absolute atomic E-state index is 0.0135. The van der Waals surface area contributed by atoms with Gasteiger partial charge in [-0.1, -0.05) is 11.6 Å². The molecule has 0 spiro atoms. The van der Waals surface area contributed by atoms with Crippen LogP contribution < -0.4 is 10.9 Å². The third-order valence-corrected chi connectivity index (χ3v) is 3.04. The standard InChI is InChI=1S/C11H16ClN3O/c12-10-1-2-11(16)15(9-10)8-7-14-5-3-13-4-6-14/h1-2,9,13H,3-8H2. The van der Waals surface area contributed by atoms with Gasteiger partial charge in [-0.15, -0.1) is 0 Å². The fourth-order valence-electron chi connectivity index (χ4n) is 1.86. The maximum Gasteiger partial charge on any atom is 0.250 e. The lowest BCUT2D eigenvalue weighted by Gasteiger charge is -2.27. The van der Waals surface area contributed by atoms with Gasteiger partial charge < -0.3 is 9.88 Å². The van der Waals surface area contributed by atoms with Gasteiger partial charge in [0.2, 0.25) is 0 Å². The van der Waals surface area contributed by atoms with E-state index in [1.807, 2.05) is 0 Å². The summed E-state index contributed by atoms with van der Waals surface area (Å²) in [5, 5.41) is 3.91. The van der Waals surface area contributed by atoms with Crippen LogP contribution in [0, 0.1) is 0 Å². The van der Waals surface area contributed by atoms with Crippen LogP contribution in [0.4, 0.5) is 0 Å². The third kappa shape index (κ3) is 3.07. The quantitative estimate of drug-likeness (QED) is 0.833. The first kappa shape index (κ1) is 11.6. The normalized spacial score (nSPS) is 17.6. The van der Waals surface area contributed by atoms with Gasteiger partial charge in [-0.2, -0.15) is 0 Å². The van der Waals surface area contributed by atoms with Gasteiger partial charge in [0.15, 0.2) is 0 Å². The first-order valence-corrected chi connectivity index (χ1v) is 5.92. The van der Waals surface area contributed by atoms with E-state index in [0.717, 1.165) is 32.7 Å². The summed E-state index contributed by atoms with van der Waals surface area (Å²) in [6.45, 7) is 5.78. The SMILES string of the molecule is O=c1ccc(Cl)cn1CCN1CCNCC1. The fourth-order valence-corrected chi connectivity index (χ4v) is 2.04. The number of piperazine rings is 1. The van der Waals surface area contributed by atoms with Crippen molar-refractivity contribution in [2.45, 2.75) is 6.54 Å². The van der Waals surface area contributed by atoms with E-state index in [4.69, 9.17) is 11.6 Å². The van der Waals surface area contributed by atoms with Crippen molar-refractivity contribution < 1.29 is 0 Å². The summed E-state index contributed by atoms with van der Waals surface area (Å²) in [4.78, 5) is 13.9. The summed E-state index contributed by atoms with van der Waals surface area (Å²) in [6, 6.07) is 3.14. The van der Waals surface area contributed by atoms with E-state index >= 15 is 0 Å². The van der Waals surface area contributed by atoms with Gasteiger partial charge in [0, 0.05) is 51.5 Å². The number of aromatic nitrogens is 1. The van der Waals surface area contributed by atoms with E-state index in [-0.39, 0.29) is 5.56 Å². The summed E-state index contributed by atoms with van der Waals surface area (Å²) < 4.78 is 1.67. The first-order valence-electron chi connectivity index (χ1n) is 5.55. The molecule has 0 unspecified atom stereocenters. The van der Waals surface area contributed by atoms with Crippen LogP contribution in [0.25, 0.3) is 0 Å². The summed E-state index contributed by atoms with van der Waals surface area (Å²) in [5.74, 6) is 0. The van der Waals surface area contributed by atoms with Crippen molar-refractivity contribution in [1.29, 1.82) is 0 Å². The molecular weight excluding hydrogens is 226 g/mol. The summed E-state index contributed by atoms with van der Waals surface area (Å²) in [6.07, 6.45) is 1.70. The zero-order chi connectivity index (χ0) is 11.4. The highest BCUT2D eigenvalue weighted by Gasteiger charge is 2.09. The van der Waals surface area contributed by atoms with Crippen molar-refractivity contribution >= 4 is 11.6 Å². The summed E-state index contributed by atoms with van der Waals surface area (Å²) in [5.41, 5.74) is 0.0135. The van der Waals surface area contributed by atoms with E-state index in [0.29, 0.717) is 11.6 Å². The molecule has 0 saturated carbocycles. The van der Waals surface area contributed by atoms with Crippen molar-refractivity contribution in [2.24, 2.45) is 0 Å². The second-order valence-corrected chi connectivity index (χ2v) is 4.41. The Morgan fingerprint density at radius 2 is 2.00 bits per heavy atom. The van der Waals surface area contributed by atoms with Gasteiger partial charge in [-0.3, -0.25) is 9.69 Å². The molecule has 1 aromatic rings. The number of hydrogen-bond donors (Lipinski definition) is 1. The van der Waals surface area contributed by atoms with Crippen LogP contribution in [0.1, 0.15) is 0 Å². The predicted octanol–water partition coefficient (Wildman–Crippen LogP) is 0.407. The molecule has 1 aliphatic heterocycles. The molecule has 1 aliphatic rings. The molecule has 0 bridgehead atoms. The van der Waals surface area contributed by atoms with Crippen LogP contribution in [0.15, 0.2) is 23.1 Å². The largest absolute Gasteiger partial charge is 0.314 e. The maximum atomic E-state index is 11.5. The van der Waals surface area contributed by atoms with Crippen LogP contribution in [0.5, 0.6) is 0 Å². The zero-order valence-corrected chi connectivity index (χ0v) is 9.91. The average Bonchev–Trinajstić information content (AvgIpc) is 2.32. The van der Waals surface area contributed by atoms with Crippen molar-refractivity contribution in [3.63, 3.8) is 0 Å². The second-order valence-electron chi connectivity index (χ2n) is 3.97. The molecule has 5 heteroatoms. The number of halogens is 1. The minimum Gasteiger partial charge on any atom is -0.314 e. The van der Waals surface area contributed by atoms with Gasteiger partial charge in [-0.05, 0) is 6.07 Å². The Bertz CT molecular complexity index is 398. The maximum absolute atomic E-state index is 11.5. The molecule has 1 N–H and O–H groups in total. The third-order valence-electron chi connectivity index (χ3n) is 2.81. The molecule has 0 aliphatic carbocycles. The van der Waals surface area contributed by atoms with Gasteiger partial charge in [0.1, 0.15) is 0 Å². The topological polar surface area (TPSA) is 37.3 Å². The lowest BCUT2D eigenvalue weighted by atomic mass is 10.3. The highest BCUT2D eigenvalue weighted by Crippen LogP contribution is 2.03. The Labute approximate surface area is 99.8 Å². The molecule has 0 amide bonds. The van der Waals surface area contributed by atoms with Crippen molar-refractivity contribution in [3.05, 3.63) is 33.7 Å². The molecule has 16 heavy (non-hydrogen) atoms. The van der Waals surface area contributed by atoms with E-state index in [9.17, 15) is 4.79 Å². The molecule has 0 atom stereocenters. The van der Waals surface area contributed by atoms with Crippen LogP contribution in [-0.2, 0) is 6.54 Å². The van der Waals surface area contributed by atoms with Gasteiger partial charge in [-0.25, -0.2) is 0 Å². The smallest absolute Gasteiger partial charge is 0.250 e. The van der Waals surface area contributed by atoms with Crippen LogP contribution in [-0.4, -0.2) is 42.2 Å². The second kappa shape index (κ2) is 5.48. The molecule has 0 radical (unpaired) electrons. The van der Waals surface area contributed by atoms with Gasteiger partial charge in [0.25, 0.3) is 5.56 Å². The summed E-state index contributed by atoms with van der Waals surface area (Å²) in [7, 11) is 0. The number of nitrogens with one attached hydrogen (secondary N) is 1. The van der Waals surface area contributed by atoms with Crippen molar-refractivity contribution in [3.8, 4) is 0 Å². The molecule has 2 rings (SSSR count). The number of pyridine rings is 1. The molecule has 88 valence electrons. The molecular formula is C11H16ClN3O. The number of nitrogens with zero attached hydrogens (tertiary/aromatic N) is 2. The van der Waals surface area contributed by atoms with E-state index in [1.165, 1.54) is 6.07 Å². The minimum atomic E-state index is 0.0135. The fraction of sp³-hybridized carbons (Fsp3) is 0.545. The Hall–Kier alpha value is -0.840. The van der Waals surface area contributed by atoms with Crippen LogP contribution in [0.2, 0.25) is 5.02 Å². The Morgan fingerprint density at radius 1 is 1.25 bits per heavy atom. The van der Waals surface area contributed by atoms with Crippen LogP contribution in [0.3, 0.4) is 0 Å². The lowest BCUT2D eigenvalue weighted by Crippen LogP contribution is -2.45. The van der Waals surface area contributed by atoms with Crippen molar-refractivity contribution in [1.82, 2.24) is 14.8 Å². The molecule has 4 nitrogen and oxygen atoms in total. The van der Waals surface area contributed by atoms with E-state index in [2.05, 4.69) is 10.2 Å². The molecule has 1 fully saturated rings. The van der Waals surface area contributed by atoms with Gasteiger partial charge >= 0.3 is 0 Å². The predicted molar refractivity (Wildman–Crippen MR) is 65.0 cm³/mol. The first-order chi connectivity index (χ1) is 7.75. The zero-order valence-electron chi connectivity index (χ0n) is 9.16. The molecule has 2 heterocycles. The summed E-state index contributed by atoms with van der Waals surface area (Å²) >= 11 is 5.86. The van der Waals surface area contributed by atoms with Crippen molar-refractivity contribution in [2.75, 3.05) is 32.7 Å². The molecule has 1 saturated heterocycles. The monoisotopic (exact) mass is 241 g/mol. The van der Waals surface area contributed by atoms with E-state index < -0.39 is 0 Å². The number of rotatable bonds is 3. The Kier molecular flexibility index (Phi) is 3.98. The highest BCUT2D eigenvalue weighted by atomic mass is 35.5. The van der Waals surface area contributed by atoms with Crippen LogP contribution >= 0.6 is 11.6 Å². The Balaban J connectivity index is 1.93. The highest BCUT2D eigenvalue weighted by molar-refractivity contribution is 6.30. The molecule has 0 aromatic carbocycles. The van der Waals surface area contributed by atoms with Gasteiger partial charge in [0.05, 0.1) is 5.02 Å². The Morgan fingerprint density at radius 3 is 2.75 bits per heavy atom.